The van der Waals surface area contributed by atoms with Gasteiger partial charge in [-0.25, -0.2) is 12.8 Å². The van der Waals surface area contributed by atoms with Crippen molar-refractivity contribution in [2.24, 2.45) is 0 Å². The molecule has 7 nitrogen and oxygen atoms in total. The summed E-state index contributed by atoms with van der Waals surface area (Å²) in [7, 11) is -4.09. The zero-order chi connectivity index (χ0) is 26.3. The molecule has 0 aromatic heterocycles. The molecule has 0 aliphatic rings. The van der Waals surface area contributed by atoms with E-state index in [9.17, 15) is 22.4 Å². The van der Waals surface area contributed by atoms with E-state index in [1.54, 1.807) is 69.3 Å². The summed E-state index contributed by atoms with van der Waals surface area (Å²) < 4.78 is 41.6. The van der Waals surface area contributed by atoms with Gasteiger partial charge >= 0.3 is 0 Å². The molecule has 0 saturated carbocycles. The van der Waals surface area contributed by atoms with Gasteiger partial charge in [0.2, 0.25) is 11.8 Å². The fourth-order valence-corrected chi connectivity index (χ4v) is 5.05. The van der Waals surface area contributed by atoms with E-state index >= 15 is 0 Å². The number of sulfonamides is 1. The number of carbonyl (C=O) groups is 2. The van der Waals surface area contributed by atoms with Crippen molar-refractivity contribution in [3.63, 3.8) is 0 Å². The van der Waals surface area contributed by atoms with Crippen LogP contribution in [0.25, 0.3) is 0 Å². The van der Waals surface area contributed by atoms with Crippen molar-refractivity contribution in [3.8, 4) is 0 Å². The second-order valence-corrected chi connectivity index (χ2v) is 10.5. The first-order valence-corrected chi connectivity index (χ1v) is 13.0. The SMILES string of the molecule is CC(C)NC(=O)[C@H](C)N(Cc1ccc(F)cc1)C(=O)CN(c1ccccc1)S(=O)(=O)c1ccccc1. The monoisotopic (exact) mass is 511 g/mol. The van der Waals surface area contributed by atoms with Gasteiger partial charge < -0.3 is 10.2 Å². The Kier molecular flexibility index (Phi) is 8.82. The molecule has 190 valence electrons. The van der Waals surface area contributed by atoms with E-state index < -0.39 is 34.3 Å². The number of rotatable bonds is 10. The van der Waals surface area contributed by atoms with E-state index in [2.05, 4.69) is 5.32 Å². The Hall–Kier alpha value is -3.72. The van der Waals surface area contributed by atoms with E-state index in [1.165, 1.54) is 41.3 Å². The van der Waals surface area contributed by atoms with Gasteiger partial charge in [0.15, 0.2) is 0 Å². The van der Waals surface area contributed by atoms with E-state index in [0.717, 1.165) is 4.31 Å². The fourth-order valence-electron chi connectivity index (χ4n) is 3.62. The summed E-state index contributed by atoms with van der Waals surface area (Å²) in [5.74, 6) is -1.38. The third-order valence-corrected chi connectivity index (χ3v) is 7.31. The molecule has 0 bridgehead atoms. The summed E-state index contributed by atoms with van der Waals surface area (Å²) in [6, 6.07) is 20.7. The zero-order valence-electron chi connectivity index (χ0n) is 20.5. The number of carbonyl (C=O) groups excluding carboxylic acids is 2. The third kappa shape index (κ3) is 6.69. The lowest BCUT2D eigenvalue weighted by Crippen LogP contribution is -2.52. The molecule has 3 rings (SSSR count). The molecule has 0 saturated heterocycles. The molecule has 2 amide bonds. The molecule has 1 N–H and O–H groups in total. The summed E-state index contributed by atoms with van der Waals surface area (Å²) in [5.41, 5.74) is 0.918. The van der Waals surface area contributed by atoms with Crippen LogP contribution in [-0.2, 0) is 26.2 Å². The summed E-state index contributed by atoms with van der Waals surface area (Å²) in [4.78, 5) is 27.8. The molecule has 0 fully saturated rings. The summed E-state index contributed by atoms with van der Waals surface area (Å²) in [5, 5.41) is 2.79. The molecule has 36 heavy (non-hydrogen) atoms. The van der Waals surface area contributed by atoms with Gasteiger partial charge in [-0.2, -0.15) is 0 Å². The molecular weight excluding hydrogens is 481 g/mol. The van der Waals surface area contributed by atoms with Crippen LogP contribution < -0.4 is 9.62 Å². The highest BCUT2D eigenvalue weighted by atomic mass is 32.2. The van der Waals surface area contributed by atoms with E-state index in [1.807, 2.05) is 0 Å². The first kappa shape index (κ1) is 26.9. The van der Waals surface area contributed by atoms with E-state index in [-0.39, 0.29) is 23.4 Å². The van der Waals surface area contributed by atoms with Crippen LogP contribution in [0.4, 0.5) is 10.1 Å². The summed E-state index contributed by atoms with van der Waals surface area (Å²) >= 11 is 0. The molecule has 3 aromatic carbocycles. The predicted molar refractivity (Wildman–Crippen MR) is 137 cm³/mol. The zero-order valence-corrected chi connectivity index (χ0v) is 21.3. The smallest absolute Gasteiger partial charge is 0.264 e. The minimum absolute atomic E-state index is 0.000189. The molecule has 0 spiro atoms. The number of hydrogen-bond acceptors (Lipinski definition) is 4. The van der Waals surface area contributed by atoms with Gasteiger partial charge in [0.05, 0.1) is 10.6 Å². The van der Waals surface area contributed by atoms with Crippen LogP contribution in [0.3, 0.4) is 0 Å². The molecule has 1 atom stereocenters. The summed E-state index contributed by atoms with van der Waals surface area (Å²) in [6.07, 6.45) is 0. The van der Waals surface area contributed by atoms with Gasteiger partial charge in [-0.3, -0.25) is 13.9 Å². The lowest BCUT2D eigenvalue weighted by atomic mass is 10.1. The molecular formula is C27H30FN3O4S. The number of amides is 2. The molecule has 3 aromatic rings. The Balaban J connectivity index is 1.98. The van der Waals surface area contributed by atoms with Gasteiger partial charge in [-0.1, -0.05) is 48.5 Å². The number of halogens is 1. The first-order valence-electron chi connectivity index (χ1n) is 11.6. The van der Waals surface area contributed by atoms with Crippen LogP contribution in [0, 0.1) is 5.82 Å². The second-order valence-electron chi connectivity index (χ2n) is 8.65. The van der Waals surface area contributed by atoms with Crippen molar-refractivity contribution in [1.29, 1.82) is 0 Å². The number of para-hydroxylation sites is 1. The fraction of sp³-hybridized carbons (Fsp3) is 0.259. The minimum Gasteiger partial charge on any atom is -0.352 e. The molecule has 0 unspecified atom stereocenters. The molecule has 0 aliphatic carbocycles. The van der Waals surface area contributed by atoms with Gasteiger partial charge in [0.1, 0.15) is 18.4 Å². The van der Waals surface area contributed by atoms with Gasteiger partial charge in [-0.15, -0.1) is 0 Å². The quantitative estimate of drug-likeness (QED) is 0.446. The maximum absolute atomic E-state index is 13.7. The van der Waals surface area contributed by atoms with Crippen LogP contribution in [0.1, 0.15) is 26.3 Å². The van der Waals surface area contributed by atoms with Crippen molar-refractivity contribution in [2.45, 2.75) is 44.3 Å². The Morgan fingerprint density at radius 1 is 0.861 bits per heavy atom. The van der Waals surface area contributed by atoms with Crippen molar-refractivity contribution >= 4 is 27.5 Å². The lowest BCUT2D eigenvalue weighted by molar-refractivity contribution is -0.139. The van der Waals surface area contributed by atoms with E-state index in [0.29, 0.717) is 11.3 Å². The normalized spacial score (nSPS) is 12.1. The Labute approximate surface area is 211 Å². The molecule has 9 heteroatoms. The largest absolute Gasteiger partial charge is 0.352 e. The van der Waals surface area contributed by atoms with Crippen LogP contribution in [0.2, 0.25) is 0 Å². The van der Waals surface area contributed by atoms with Crippen molar-refractivity contribution in [3.05, 3.63) is 96.3 Å². The number of hydrogen-bond donors (Lipinski definition) is 1. The highest BCUT2D eigenvalue weighted by molar-refractivity contribution is 7.92. The maximum Gasteiger partial charge on any atom is 0.264 e. The number of benzene rings is 3. The molecule has 0 heterocycles. The van der Waals surface area contributed by atoms with Crippen molar-refractivity contribution in [2.75, 3.05) is 10.8 Å². The van der Waals surface area contributed by atoms with Gasteiger partial charge in [0, 0.05) is 12.6 Å². The maximum atomic E-state index is 13.7. The van der Waals surface area contributed by atoms with Gasteiger partial charge in [0.25, 0.3) is 10.0 Å². The first-order chi connectivity index (χ1) is 17.1. The Morgan fingerprint density at radius 2 is 1.42 bits per heavy atom. The lowest BCUT2D eigenvalue weighted by Gasteiger charge is -2.32. The van der Waals surface area contributed by atoms with Crippen LogP contribution in [0.15, 0.2) is 89.8 Å². The average Bonchev–Trinajstić information content (AvgIpc) is 2.87. The highest BCUT2D eigenvalue weighted by Crippen LogP contribution is 2.24. The van der Waals surface area contributed by atoms with Crippen molar-refractivity contribution in [1.82, 2.24) is 10.2 Å². The average molecular weight is 512 g/mol. The van der Waals surface area contributed by atoms with Gasteiger partial charge in [-0.05, 0) is 62.7 Å². The number of nitrogens with one attached hydrogen (secondary N) is 1. The minimum atomic E-state index is -4.09. The molecule has 0 radical (unpaired) electrons. The topological polar surface area (TPSA) is 86.8 Å². The summed E-state index contributed by atoms with van der Waals surface area (Å²) in [6.45, 7) is 4.67. The third-order valence-electron chi connectivity index (χ3n) is 5.52. The second kappa shape index (κ2) is 11.8. The van der Waals surface area contributed by atoms with Crippen LogP contribution >= 0.6 is 0 Å². The van der Waals surface area contributed by atoms with Crippen molar-refractivity contribution < 1.29 is 22.4 Å². The number of nitrogens with zero attached hydrogens (tertiary/aromatic N) is 2. The standard InChI is InChI=1S/C27H30FN3O4S/c1-20(2)29-27(33)21(3)30(18-22-14-16-23(28)17-15-22)26(32)19-31(24-10-6-4-7-11-24)36(34,35)25-12-8-5-9-13-25/h4-17,20-21H,18-19H2,1-3H3,(H,29,33)/t21-/m0/s1. The Bertz CT molecular complexity index is 1270. The number of anilines is 1. The predicted octanol–water partition coefficient (Wildman–Crippen LogP) is 3.96. The highest BCUT2D eigenvalue weighted by Gasteiger charge is 2.32. The van der Waals surface area contributed by atoms with E-state index in [4.69, 9.17) is 0 Å². The van der Waals surface area contributed by atoms with Crippen LogP contribution in [0.5, 0.6) is 0 Å². The molecule has 0 aliphatic heterocycles. The van der Waals surface area contributed by atoms with Crippen LogP contribution in [-0.4, -0.2) is 43.8 Å². The Morgan fingerprint density at radius 3 is 1.97 bits per heavy atom.